The van der Waals surface area contributed by atoms with Crippen molar-refractivity contribution in [3.8, 4) is 0 Å². The zero-order chi connectivity index (χ0) is 20.5. The van der Waals surface area contributed by atoms with Crippen LogP contribution >= 0.6 is 12.2 Å². The maximum absolute atomic E-state index is 12.9. The van der Waals surface area contributed by atoms with Crippen molar-refractivity contribution in [1.82, 2.24) is 10.2 Å². The Labute approximate surface area is 170 Å². The van der Waals surface area contributed by atoms with Crippen LogP contribution < -0.4 is 10.6 Å². The third-order valence-electron chi connectivity index (χ3n) is 4.37. The molecule has 0 bridgehead atoms. The standard InChI is InChI=1S/C20H25N3O4S/c1-3-27-18(25)9-8-17(24)22-20(28)21-16-7-5-4-6-15(16)19(26)23-12-10-14(2)11-13-23/h4-9,14H,3,10-13H2,1-2H3,(H2,21,22,24,28). The summed E-state index contributed by atoms with van der Waals surface area (Å²) in [4.78, 5) is 37.8. The molecular formula is C20H25N3O4S. The van der Waals surface area contributed by atoms with E-state index in [1.54, 1.807) is 31.2 Å². The van der Waals surface area contributed by atoms with Crippen LogP contribution in [0.3, 0.4) is 0 Å². The van der Waals surface area contributed by atoms with Crippen molar-refractivity contribution < 1.29 is 19.1 Å². The van der Waals surface area contributed by atoms with Gasteiger partial charge in [0.15, 0.2) is 5.11 Å². The first-order chi connectivity index (χ1) is 13.4. The van der Waals surface area contributed by atoms with Gasteiger partial charge in [0.25, 0.3) is 5.91 Å². The van der Waals surface area contributed by atoms with E-state index in [9.17, 15) is 14.4 Å². The molecule has 0 aromatic heterocycles. The minimum Gasteiger partial charge on any atom is -0.463 e. The van der Waals surface area contributed by atoms with Gasteiger partial charge in [-0.15, -0.1) is 0 Å². The van der Waals surface area contributed by atoms with E-state index in [0.717, 1.165) is 38.1 Å². The molecule has 8 heteroatoms. The Balaban J connectivity index is 1.98. The average molecular weight is 404 g/mol. The number of carbonyl (C=O) groups is 3. The van der Waals surface area contributed by atoms with Gasteiger partial charge >= 0.3 is 5.97 Å². The largest absolute Gasteiger partial charge is 0.463 e. The van der Waals surface area contributed by atoms with Crippen LogP contribution in [0.25, 0.3) is 0 Å². The van der Waals surface area contributed by atoms with Crippen molar-refractivity contribution in [2.75, 3.05) is 25.0 Å². The number of ether oxygens (including phenoxy) is 1. The van der Waals surface area contributed by atoms with Crippen molar-refractivity contribution in [1.29, 1.82) is 0 Å². The second-order valence-corrected chi connectivity index (χ2v) is 6.96. The SMILES string of the molecule is CCOC(=O)C=CC(=O)NC(=S)Nc1ccccc1C(=O)N1CCC(C)CC1. The summed E-state index contributed by atoms with van der Waals surface area (Å²) in [6.07, 6.45) is 4.04. The number of thiocarbonyl (C=S) groups is 1. The molecule has 2 N–H and O–H groups in total. The van der Waals surface area contributed by atoms with Crippen molar-refractivity contribution >= 4 is 40.8 Å². The van der Waals surface area contributed by atoms with Crippen LogP contribution in [0.5, 0.6) is 0 Å². The number of hydrogen-bond donors (Lipinski definition) is 2. The van der Waals surface area contributed by atoms with Gasteiger partial charge in [0.05, 0.1) is 17.9 Å². The molecule has 0 aliphatic carbocycles. The number of benzene rings is 1. The lowest BCUT2D eigenvalue weighted by molar-refractivity contribution is -0.137. The zero-order valence-corrected chi connectivity index (χ0v) is 16.9. The van der Waals surface area contributed by atoms with Crippen molar-refractivity contribution in [2.45, 2.75) is 26.7 Å². The maximum atomic E-state index is 12.9. The Morgan fingerprint density at radius 2 is 1.89 bits per heavy atom. The summed E-state index contributed by atoms with van der Waals surface area (Å²) < 4.78 is 4.70. The summed E-state index contributed by atoms with van der Waals surface area (Å²) in [5.41, 5.74) is 1.02. The lowest BCUT2D eigenvalue weighted by Gasteiger charge is -2.30. The van der Waals surface area contributed by atoms with Gasteiger partial charge in [-0.1, -0.05) is 19.1 Å². The summed E-state index contributed by atoms with van der Waals surface area (Å²) in [7, 11) is 0. The van der Waals surface area contributed by atoms with Crippen molar-refractivity contribution in [2.24, 2.45) is 5.92 Å². The summed E-state index contributed by atoms with van der Waals surface area (Å²) in [6, 6.07) is 7.03. The fourth-order valence-electron chi connectivity index (χ4n) is 2.80. The number of piperidine rings is 1. The molecule has 2 rings (SSSR count). The molecule has 1 aliphatic heterocycles. The van der Waals surface area contributed by atoms with Crippen LogP contribution in [0.4, 0.5) is 5.69 Å². The molecular weight excluding hydrogens is 378 g/mol. The third-order valence-corrected chi connectivity index (χ3v) is 4.57. The molecule has 28 heavy (non-hydrogen) atoms. The second-order valence-electron chi connectivity index (χ2n) is 6.55. The van der Waals surface area contributed by atoms with Gasteiger partial charge < -0.3 is 15.0 Å². The van der Waals surface area contributed by atoms with Gasteiger partial charge in [0.1, 0.15) is 0 Å². The zero-order valence-electron chi connectivity index (χ0n) is 16.1. The fraction of sp³-hybridized carbons (Fsp3) is 0.400. The number of nitrogens with one attached hydrogen (secondary N) is 2. The quantitative estimate of drug-likeness (QED) is 0.446. The molecule has 1 fully saturated rings. The fourth-order valence-corrected chi connectivity index (χ4v) is 3.01. The number of hydrogen-bond acceptors (Lipinski definition) is 5. The molecule has 0 spiro atoms. The predicted molar refractivity (Wildman–Crippen MR) is 111 cm³/mol. The third kappa shape index (κ3) is 6.45. The number of para-hydroxylation sites is 1. The summed E-state index contributed by atoms with van der Waals surface area (Å²) in [6.45, 7) is 5.55. The number of rotatable bonds is 5. The molecule has 1 aromatic rings. The number of likely N-dealkylation sites (tertiary alicyclic amines) is 1. The first-order valence-corrected chi connectivity index (χ1v) is 9.66. The van der Waals surface area contributed by atoms with E-state index in [0.29, 0.717) is 17.2 Å². The number of esters is 1. The molecule has 2 amide bonds. The van der Waals surface area contributed by atoms with Crippen molar-refractivity contribution in [3.05, 3.63) is 42.0 Å². The van der Waals surface area contributed by atoms with E-state index < -0.39 is 11.9 Å². The Bertz CT molecular complexity index is 770. The van der Waals surface area contributed by atoms with E-state index in [-0.39, 0.29) is 17.6 Å². The summed E-state index contributed by atoms with van der Waals surface area (Å²) in [5, 5.41) is 5.36. The minimum absolute atomic E-state index is 0.0334. The van der Waals surface area contributed by atoms with Gasteiger partial charge in [-0.25, -0.2) is 4.79 Å². The highest BCUT2D eigenvalue weighted by atomic mass is 32.1. The van der Waals surface area contributed by atoms with Gasteiger partial charge in [-0.3, -0.25) is 14.9 Å². The number of carbonyl (C=O) groups excluding carboxylic acids is 3. The highest BCUT2D eigenvalue weighted by Crippen LogP contribution is 2.22. The Kier molecular flexibility index (Phi) is 8.13. The molecule has 0 atom stereocenters. The number of amides is 2. The molecule has 0 unspecified atom stereocenters. The normalized spacial score (nSPS) is 14.6. The van der Waals surface area contributed by atoms with Crippen LogP contribution in [0.1, 0.15) is 37.0 Å². The van der Waals surface area contributed by atoms with Crippen molar-refractivity contribution in [3.63, 3.8) is 0 Å². The van der Waals surface area contributed by atoms with Crippen LogP contribution in [0, 0.1) is 5.92 Å². The van der Waals surface area contributed by atoms with E-state index in [1.165, 1.54) is 0 Å². The van der Waals surface area contributed by atoms with E-state index in [4.69, 9.17) is 17.0 Å². The van der Waals surface area contributed by atoms with Gasteiger partial charge in [0, 0.05) is 25.2 Å². The average Bonchev–Trinajstić information content (AvgIpc) is 2.67. The molecule has 150 valence electrons. The molecule has 1 aromatic carbocycles. The molecule has 0 radical (unpaired) electrons. The van der Waals surface area contributed by atoms with Crippen LogP contribution in [0.15, 0.2) is 36.4 Å². The van der Waals surface area contributed by atoms with Gasteiger partial charge in [-0.05, 0) is 50.0 Å². The van der Waals surface area contributed by atoms with Gasteiger partial charge in [-0.2, -0.15) is 0 Å². The van der Waals surface area contributed by atoms with Gasteiger partial charge in [0.2, 0.25) is 5.91 Å². The Hall–Kier alpha value is -2.74. The van der Waals surface area contributed by atoms with Crippen LogP contribution in [-0.2, 0) is 14.3 Å². The smallest absolute Gasteiger partial charge is 0.330 e. The monoisotopic (exact) mass is 403 g/mol. The second kappa shape index (κ2) is 10.6. The predicted octanol–water partition coefficient (Wildman–Crippen LogP) is 2.49. The highest BCUT2D eigenvalue weighted by molar-refractivity contribution is 7.80. The van der Waals surface area contributed by atoms with Crippen LogP contribution in [-0.4, -0.2) is 47.5 Å². The molecule has 1 aliphatic rings. The molecule has 7 nitrogen and oxygen atoms in total. The number of nitrogens with zero attached hydrogens (tertiary/aromatic N) is 1. The molecule has 0 saturated carbocycles. The molecule has 1 heterocycles. The summed E-state index contributed by atoms with van der Waals surface area (Å²) >= 11 is 5.14. The molecule has 1 saturated heterocycles. The highest BCUT2D eigenvalue weighted by Gasteiger charge is 2.23. The lowest BCUT2D eigenvalue weighted by Crippen LogP contribution is -2.39. The minimum atomic E-state index is -0.608. The number of anilines is 1. The van der Waals surface area contributed by atoms with E-state index in [1.807, 2.05) is 4.90 Å². The first kappa shape index (κ1) is 21.6. The Morgan fingerprint density at radius 3 is 2.57 bits per heavy atom. The summed E-state index contributed by atoms with van der Waals surface area (Å²) in [5.74, 6) is -0.614. The van der Waals surface area contributed by atoms with E-state index in [2.05, 4.69) is 17.6 Å². The topological polar surface area (TPSA) is 87.7 Å². The lowest BCUT2D eigenvalue weighted by atomic mass is 9.98. The first-order valence-electron chi connectivity index (χ1n) is 9.25. The Morgan fingerprint density at radius 1 is 1.21 bits per heavy atom. The van der Waals surface area contributed by atoms with Crippen LogP contribution in [0.2, 0.25) is 0 Å². The van der Waals surface area contributed by atoms with E-state index >= 15 is 0 Å². The maximum Gasteiger partial charge on any atom is 0.330 e.